The Morgan fingerprint density at radius 3 is 2.90 bits per heavy atom. The Morgan fingerprint density at radius 1 is 1.35 bits per heavy atom. The lowest BCUT2D eigenvalue weighted by molar-refractivity contribution is 0.913. The van der Waals surface area contributed by atoms with Crippen LogP contribution in [0.25, 0.3) is 16.9 Å². The zero-order valence-electron chi connectivity index (χ0n) is 10.3. The highest BCUT2D eigenvalue weighted by atomic mass is 79.9. The fraction of sp³-hybridized carbons (Fsp3) is 0.0769. The maximum Gasteiger partial charge on any atom is 0.156 e. The molecular weight excluding hydrogens is 338 g/mol. The lowest BCUT2D eigenvalue weighted by Gasteiger charge is -2.09. The van der Waals surface area contributed by atoms with E-state index in [2.05, 4.69) is 30.9 Å². The first kappa shape index (κ1) is 13.1. The van der Waals surface area contributed by atoms with Crippen LogP contribution in [0.5, 0.6) is 0 Å². The lowest BCUT2D eigenvalue weighted by Crippen LogP contribution is -2.15. The Hall–Kier alpha value is -1.86. The van der Waals surface area contributed by atoms with E-state index in [1.165, 1.54) is 6.33 Å². The van der Waals surface area contributed by atoms with Gasteiger partial charge in [0.25, 0.3) is 0 Å². The van der Waals surface area contributed by atoms with Gasteiger partial charge in [-0.2, -0.15) is 0 Å². The summed E-state index contributed by atoms with van der Waals surface area (Å²) in [6.07, 6.45) is 3.61. The number of imidazole rings is 1. The second kappa shape index (κ2) is 5.26. The van der Waals surface area contributed by atoms with E-state index in [0.29, 0.717) is 11.4 Å². The van der Waals surface area contributed by atoms with Crippen LogP contribution in [0.2, 0.25) is 0 Å². The van der Waals surface area contributed by atoms with Crippen LogP contribution in [0.15, 0.2) is 41.3 Å². The van der Waals surface area contributed by atoms with Gasteiger partial charge in [-0.3, -0.25) is 4.57 Å². The van der Waals surface area contributed by atoms with Gasteiger partial charge in [0.2, 0.25) is 0 Å². The first-order valence-corrected chi connectivity index (χ1v) is 7.07. The van der Waals surface area contributed by atoms with E-state index in [0.717, 1.165) is 27.1 Å². The number of nitrogens with zero attached hydrogens (tertiary/aromatic N) is 4. The highest BCUT2D eigenvalue weighted by Crippen LogP contribution is 2.25. The average molecular weight is 348 g/mol. The standard InChI is InChI=1S/C13H10BrN5S/c14-8-6-16-7-17-13(8)19-10-4-2-1-3-9(10)18-12(19)5-11(15)20/h1-4,6-7H,5H2,(H2,15,20). The summed E-state index contributed by atoms with van der Waals surface area (Å²) in [4.78, 5) is 13.3. The third-order valence-corrected chi connectivity index (χ3v) is 3.53. The number of halogens is 1. The predicted octanol–water partition coefficient (Wildman–Crippen LogP) is 2.41. The Morgan fingerprint density at radius 2 is 2.15 bits per heavy atom. The van der Waals surface area contributed by atoms with Crippen molar-refractivity contribution in [3.63, 3.8) is 0 Å². The number of benzene rings is 1. The van der Waals surface area contributed by atoms with Crippen LogP contribution in [-0.4, -0.2) is 24.5 Å². The van der Waals surface area contributed by atoms with Gasteiger partial charge in [0, 0.05) is 6.20 Å². The van der Waals surface area contributed by atoms with Gasteiger partial charge in [-0.1, -0.05) is 24.4 Å². The molecule has 5 nitrogen and oxygen atoms in total. The van der Waals surface area contributed by atoms with Crippen molar-refractivity contribution in [2.75, 3.05) is 0 Å². The first-order chi connectivity index (χ1) is 9.66. The molecule has 0 aliphatic heterocycles. The maximum atomic E-state index is 5.66. The minimum Gasteiger partial charge on any atom is -0.393 e. The molecule has 2 heterocycles. The number of thiocarbonyl (C=S) groups is 1. The molecule has 0 spiro atoms. The zero-order chi connectivity index (χ0) is 14.1. The number of fused-ring (bicyclic) bond motifs is 1. The molecule has 0 aliphatic rings. The molecule has 0 bridgehead atoms. The van der Waals surface area contributed by atoms with Crippen LogP contribution in [0.3, 0.4) is 0 Å². The molecule has 7 heteroatoms. The summed E-state index contributed by atoms with van der Waals surface area (Å²) < 4.78 is 2.73. The molecule has 0 saturated carbocycles. The van der Waals surface area contributed by atoms with Crippen LogP contribution < -0.4 is 5.73 Å². The van der Waals surface area contributed by atoms with Crippen molar-refractivity contribution in [3.8, 4) is 5.82 Å². The van der Waals surface area contributed by atoms with E-state index in [1.54, 1.807) is 6.20 Å². The third-order valence-electron chi connectivity index (χ3n) is 2.82. The minimum absolute atomic E-state index is 0.395. The predicted molar refractivity (Wildman–Crippen MR) is 84.8 cm³/mol. The first-order valence-electron chi connectivity index (χ1n) is 5.87. The van der Waals surface area contributed by atoms with Crippen LogP contribution in [-0.2, 0) is 6.42 Å². The molecule has 3 rings (SSSR count). The molecule has 2 aromatic heterocycles. The molecule has 20 heavy (non-hydrogen) atoms. The Kier molecular flexibility index (Phi) is 3.45. The lowest BCUT2D eigenvalue weighted by atomic mass is 10.3. The van der Waals surface area contributed by atoms with Crippen molar-refractivity contribution in [1.29, 1.82) is 0 Å². The molecule has 0 saturated heterocycles. The fourth-order valence-electron chi connectivity index (χ4n) is 2.06. The minimum atomic E-state index is 0.395. The van der Waals surface area contributed by atoms with E-state index in [4.69, 9.17) is 18.0 Å². The third kappa shape index (κ3) is 2.30. The summed E-state index contributed by atoms with van der Waals surface area (Å²) in [6, 6.07) is 7.84. The average Bonchev–Trinajstić information content (AvgIpc) is 2.76. The summed E-state index contributed by atoms with van der Waals surface area (Å²) in [6.45, 7) is 0. The fourth-order valence-corrected chi connectivity index (χ4v) is 2.58. The summed E-state index contributed by atoms with van der Waals surface area (Å²) in [7, 11) is 0. The van der Waals surface area contributed by atoms with Crippen molar-refractivity contribution in [3.05, 3.63) is 47.1 Å². The molecule has 2 N–H and O–H groups in total. The molecular formula is C13H10BrN5S. The van der Waals surface area contributed by atoms with E-state index < -0.39 is 0 Å². The van der Waals surface area contributed by atoms with Gasteiger partial charge < -0.3 is 5.73 Å². The van der Waals surface area contributed by atoms with Gasteiger partial charge >= 0.3 is 0 Å². The van der Waals surface area contributed by atoms with Gasteiger partial charge in [0.15, 0.2) is 5.82 Å². The molecule has 0 radical (unpaired) electrons. The van der Waals surface area contributed by atoms with Gasteiger partial charge in [0.1, 0.15) is 12.2 Å². The monoisotopic (exact) mass is 347 g/mol. The molecule has 3 aromatic rings. The number of hydrogen-bond donors (Lipinski definition) is 1. The second-order valence-corrected chi connectivity index (χ2v) is 5.57. The van der Waals surface area contributed by atoms with Crippen molar-refractivity contribution in [1.82, 2.24) is 19.5 Å². The van der Waals surface area contributed by atoms with Crippen LogP contribution in [0.1, 0.15) is 5.82 Å². The van der Waals surface area contributed by atoms with Crippen molar-refractivity contribution in [2.45, 2.75) is 6.42 Å². The van der Waals surface area contributed by atoms with E-state index in [-0.39, 0.29) is 0 Å². The molecule has 0 amide bonds. The van der Waals surface area contributed by atoms with Crippen LogP contribution in [0.4, 0.5) is 0 Å². The van der Waals surface area contributed by atoms with E-state index in [1.807, 2.05) is 28.8 Å². The van der Waals surface area contributed by atoms with Gasteiger partial charge in [-0.25, -0.2) is 15.0 Å². The molecule has 0 unspecified atom stereocenters. The number of aromatic nitrogens is 4. The Bertz CT molecular complexity index is 798. The normalized spacial score (nSPS) is 10.8. The molecule has 0 aliphatic carbocycles. The van der Waals surface area contributed by atoms with Crippen LogP contribution >= 0.6 is 28.1 Å². The topological polar surface area (TPSA) is 69.6 Å². The summed E-state index contributed by atoms with van der Waals surface area (Å²) in [5.74, 6) is 1.48. The number of hydrogen-bond acceptors (Lipinski definition) is 4. The summed E-state index contributed by atoms with van der Waals surface area (Å²) >= 11 is 8.47. The zero-order valence-corrected chi connectivity index (χ0v) is 12.7. The summed E-state index contributed by atoms with van der Waals surface area (Å²) in [5.41, 5.74) is 7.50. The van der Waals surface area contributed by atoms with Gasteiger partial charge in [0.05, 0.1) is 26.9 Å². The van der Waals surface area contributed by atoms with Crippen molar-refractivity contribution >= 4 is 44.2 Å². The molecule has 0 fully saturated rings. The molecule has 0 atom stereocenters. The smallest absolute Gasteiger partial charge is 0.156 e. The van der Waals surface area contributed by atoms with E-state index in [9.17, 15) is 0 Å². The SMILES string of the molecule is NC(=S)Cc1nc2ccccc2n1-c1ncncc1Br. The highest BCUT2D eigenvalue weighted by molar-refractivity contribution is 9.10. The largest absolute Gasteiger partial charge is 0.393 e. The number of rotatable bonds is 3. The van der Waals surface area contributed by atoms with Gasteiger partial charge in [-0.05, 0) is 28.1 Å². The maximum absolute atomic E-state index is 5.66. The Labute approximate surface area is 129 Å². The molecule has 100 valence electrons. The highest BCUT2D eigenvalue weighted by Gasteiger charge is 2.15. The quantitative estimate of drug-likeness (QED) is 0.736. The van der Waals surface area contributed by atoms with Crippen LogP contribution in [0, 0.1) is 0 Å². The number of nitrogens with two attached hydrogens (primary N) is 1. The molecule has 1 aromatic carbocycles. The second-order valence-electron chi connectivity index (χ2n) is 4.19. The van der Waals surface area contributed by atoms with Gasteiger partial charge in [-0.15, -0.1) is 0 Å². The summed E-state index contributed by atoms with van der Waals surface area (Å²) in [5, 5.41) is 0. The number of para-hydroxylation sites is 2. The van der Waals surface area contributed by atoms with E-state index >= 15 is 0 Å². The van der Waals surface area contributed by atoms with Crippen molar-refractivity contribution < 1.29 is 0 Å². The Balaban J connectivity index is 2.31. The van der Waals surface area contributed by atoms with Crippen molar-refractivity contribution in [2.24, 2.45) is 5.73 Å².